The van der Waals surface area contributed by atoms with E-state index in [2.05, 4.69) is 26.5 Å². The molecule has 0 aliphatic heterocycles. The number of aryl methyl sites for hydroxylation is 1. The standard InChI is InChI=1S/C18H18N6/c1-3-16(9-19)24-12-14(11-21-24)17-13(2)10-20-18(23-17)22-15-7-5-4-6-8-15/h4-8,10-12,16H,3H2,1-2H3,(H,20,22,23). The summed E-state index contributed by atoms with van der Waals surface area (Å²) in [5, 5.41) is 16.7. The molecule has 1 atom stereocenters. The van der Waals surface area contributed by atoms with Gasteiger partial charge in [-0.2, -0.15) is 10.4 Å². The molecule has 0 fully saturated rings. The second kappa shape index (κ2) is 6.92. The molecule has 1 unspecified atom stereocenters. The molecule has 3 aromatic rings. The number of benzene rings is 1. The van der Waals surface area contributed by atoms with Crippen molar-refractivity contribution in [2.45, 2.75) is 26.3 Å². The summed E-state index contributed by atoms with van der Waals surface area (Å²) < 4.78 is 1.68. The average molecular weight is 318 g/mol. The molecule has 2 heterocycles. The Kier molecular flexibility index (Phi) is 4.52. The number of rotatable bonds is 5. The van der Waals surface area contributed by atoms with Crippen LogP contribution in [-0.2, 0) is 0 Å². The summed E-state index contributed by atoms with van der Waals surface area (Å²) in [4.78, 5) is 8.94. The zero-order valence-electron chi connectivity index (χ0n) is 13.6. The summed E-state index contributed by atoms with van der Waals surface area (Å²) in [5.41, 5.74) is 3.57. The second-order valence-corrected chi connectivity index (χ2v) is 5.48. The highest BCUT2D eigenvalue weighted by Crippen LogP contribution is 2.24. The molecule has 1 N–H and O–H groups in total. The average Bonchev–Trinajstić information content (AvgIpc) is 3.08. The van der Waals surface area contributed by atoms with E-state index in [1.54, 1.807) is 17.1 Å². The molecule has 0 saturated carbocycles. The van der Waals surface area contributed by atoms with Gasteiger partial charge in [0.1, 0.15) is 6.04 Å². The fourth-order valence-electron chi connectivity index (χ4n) is 2.41. The van der Waals surface area contributed by atoms with Crippen molar-refractivity contribution in [2.75, 3.05) is 5.32 Å². The van der Waals surface area contributed by atoms with Gasteiger partial charge in [0.05, 0.1) is 18.0 Å². The molecule has 6 heteroatoms. The lowest BCUT2D eigenvalue weighted by molar-refractivity contribution is 0.534. The largest absolute Gasteiger partial charge is 0.324 e. The number of anilines is 2. The van der Waals surface area contributed by atoms with Crippen LogP contribution in [0.3, 0.4) is 0 Å². The van der Waals surface area contributed by atoms with Gasteiger partial charge >= 0.3 is 0 Å². The number of aromatic nitrogens is 4. The summed E-state index contributed by atoms with van der Waals surface area (Å²) >= 11 is 0. The van der Waals surface area contributed by atoms with Crippen molar-refractivity contribution in [3.05, 3.63) is 54.5 Å². The van der Waals surface area contributed by atoms with E-state index >= 15 is 0 Å². The van der Waals surface area contributed by atoms with E-state index in [9.17, 15) is 5.26 Å². The molecule has 1 aromatic carbocycles. The predicted octanol–water partition coefficient (Wildman–Crippen LogP) is 3.87. The first-order valence-corrected chi connectivity index (χ1v) is 7.81. The van der Waals surface area contributed by atoms with Gasteiger partial charge in [-0.3, -0.25) is 4.68 Å². The third kappa shape index (κ3) is 3.25. The fraction of sp³-hybridized carbons (Fsp3) is 0.222. The first-order chi connectivity index (χ1) is 11.7. The highest BCUT2D eigenvalue weighted by molar-refractivity contribution is 5.63. The molecule has 3 rings (SSSR count). The van der Waals surface area contributed by atoms with Crippen LogP contribution in [0.1, 0.15) is 24.9 Å². The highest BCUT2D eigenvalue weighted by Gasteiger charge is 2.13. The Hall–Kier alpha value is -3.20. The minimum absolute atomic E-state index is 0.261. The van der Waals surface area contributed by atoms with Crippen molar-refractivity contribution >= 4 is 11.6 Å². The Morgan fingerprint density at radius 3 is 2.75 bits per heavy atom. The number of hydrogen-bond donors (Lipinski definition) is 1. The van der Waals surface area contributed by atoms with Crippen LogP contribution in [0.4, 0.5) is 11.6 Å². The van der Waals surface area contributed by atoms with Gasteiger partial charge in [0.2, 0.25) is 5.95 Å². The zero-order chi connectivity index (χ0) is 16.9. The molecule has 0 spiro atoms. The predicted molar refractivity (Wildman–Crippen MR) is 92.7 cm³/mol. The van der Waals surface area contributed by atoms with Gasteiger partial charge in [-0.1, -0.05) is 25.1 Å². The van der Waals surface area contributed by atoms with Gasteiger partial charge in [0, 0.05) is 23.6 Å². The molecular weight excluding hydrogens is 300 g/mol. The number of nitrogens with zero attached hydrogens (tertiary/aromatic N) is 5. The van der Waals surface area contributed by atoms with Crippen LogP contribution in [0, 0.1) is 18.3 Å². The van der Waals surface area contributed by atoms with Crippen LogP contribution in [0.5, 0.6) is 0 Å². The summed E-state index contributed by atoms with van der Waals surface area (Å²) in [6.45, 7) is 3.92. The van der Waals surface area contributed by atoms with Gasteiger partial charge < -0.3 is 5.32 Å². The molecular formula is C18H18N6. The van der Waals surface area contributed by atoms with Crippen LogP contribution in [0.2, 0.25) is 0 Å². The number of nitriles is 1. The smallest absolute Gasteiger partial charge is 0.227 e. The van der Waals surface area contributed by atoms with Crippen molar-refractivity contribution in [1.82, 2.24) is 19.7 Å². The minimum Gasteiger partial charge on any atom is -0.324 e. The molecule has 0 radical (unpaired) electrons. The molecule has 0 saturated heterocycles. The lowest BCUT2D eigenvalue weighted by atomic mass is 10.1. The van der Waals surface area contributed by atoms with Crippen LogP contribution in [0.25, 0.3) is 11.3 Å². The number of para-hydroxylation sites is 1. The van der Waals surface area contributed by atoms with Gasteiger partial charge in [0.15, 0.2) is 0 Å². The molecule has 0 aliphatic carbocycles. The maximum Gasteiger partial charge on any atom is 0.227 e. The monoisotopic (exact) mass is 318 g/mol. The van der Waals surface area contributed by atoms with Gasteiger partial charge in [0.25, 0.3) is 0 Å². The van der Waals surface area contributed by atoms with Crippen LogP contribution >= 0.6 is 0 Å². The summed E-state index contributed by atoms with van der Waals surface area (Å²) in [5.74, 6) is 0.530. The maximum atomic E-state index is 9.18. The van der Waals surface area contributed by atoms with E-state index in [4.69, 9.17) is 0 Å². The molecule has 0 bridgehead atoms. The van der Waals surface area contributed by atoms with E-state index in [0.717, 1.165) is 22.5 Å². The normalized spacial score (nSPS) is 11.7. The zero-order valence-corrected chi connectivity index (χ0v) is 13.6. The van der Waals surface area contributed by atoms with E-state index in [1.807, 2.05) is 50.4 Å². The lowest BCUT2D eigenvalue weighted by Crippen LogP contribution is -2.05. The highest BCUT2D eigenvalue weighted by atomic mass is 15.3. The fourth-order valence-corrected chi connectivity index (χ4v) is 2.41. The SMILES string of the molecule is CCC(C#N)n1cc(-c2nc(Nc3ccccc3)ncc2C)cn1. The first-order valence-electron chi connectivity index (χ1n) is 7.81. The van der Waals surface area contributed by atoms with Crippen LogP contribution in [-0.4, -0.2) is 19.7 Å². The Labute approximate surface area is 140 Å². The minimum atomic E-state index is -0.261. The van der Waals surface area contributed by atoms with Crippen molar-refractivity contribution in [2.24, 2.45) is 0 Å². The quantitative estimate of drug-likeness (QED) is 0.772. The summed E-state index contributed by atoms with van der Waals surface area (Å²) in [7, 11) is 0. The van der Waals surface area contributed by atoms with Gasteiger partial charge in [-0.25, -0.2) is 9.97 Å². The van der Waals surface area contributed by atoms with E-state index < -0.39 is 0 Å². The molecule has 24 heavy (non-hydrogen) atoms. The summed E-state index contributed by atoms with van der Waals surface area (Å²) in [6, 6.07) is 11.8. The maximum absolute atomic E-state index is 9.18. The van der Waals surface area contributed by atoms with E-state index in [-0.39, 0.29) is 6.04 Å². The van der Waals surface area contributed by atoms with Gasteiger partial charge in [-0.05, 0) is 31.0 Å². The summed E-state index contributed by atoms with van der Waals surface area (Å²) in [6.07, 6.45) is 6.09. The van der Waals surface area contributed by atoms with Crippen LogP contribution in [0.15, 0.2) is 48.9 Å². The van der Waals surface area contributed by atoms with Crippen molar-refractivity contribution in [3.8, 4) is 17.3 Å². The van der Waals surface area contributed by atoms with Gasteiger partial charge in [-0.15, -0.1) is 0 Å². The molecule has 120 valence electrons. The number of hydrogen-bond acceptors (Lipinski definition) is 5. The van der Waals surface area contributed by atoms with E-state index in [0.29, 0.717) is 12.4 Å². The van der Waals surface area contributed by atoms with E-state index in [1.165, 1.54) is 0 Å². The first kappa shape index (κ1) is 15.7. The van der Waals surface area contributed by atoms with Crippen molar-refractivity contribution in [3.63, 3.8) is 0 Å². The van der Waals surface area contributed by atoms with Crippen LogP contribution < -0.4 is 5.32 Å². The third-order valence-corrected chi connectivity index (χ3v) is 3.73. The molecule has 0 amide bonds. The Bertz CT molecular complexity index is 863. The van der Waals surface area contributed by atoms with Crippen molar-refractivity contribution in [1.29, 1.82) is 5.26 Å². The third-order valence-electron chi connectivity index (χ3n) is 3.73. The Morgan fingerprint density at radius 2 is 2.04 bits per heavy atom. The Balaban J connectivity index is 1.91. The molecule has 6 nitrogen and oxygen atoms in total. The Morgan fingerprint density at radius 1 is 1.25 bits per heavy atom. The number of nitrogens with one attached hydrogen (secondary N) is 1. The lowest BCUT2D eigenvalue weighted by Gasteiger charge is -2.08. The topological polar surface area (TPSA) is 79.4 Å². The molecule has 2 aromatic heterocycles. The van der Waals surface area contributed by atoms with Crippen molar-refractivity contribution < 1.29 is 0 Å². The second-order valence-electron chi connectivity index (χ2n) is 5.48. The molecule has 0 aliphatic rings.